The van der Waals surface area contributed by atoms with E-state index in [1.807, 2.05) is 30.3 Å². The molecule has 0 fully saturated rings. The topological polar surface area (TPSA) is 66.4 Å². The number of aliphatic carboxylic acids is 1. The number of hydrogen-bond donors (Lipinski definition) is 2. The highest BCUT2D eigenvalue weighted by Gasteiger charge is 2.22. The summed E-state index contributed by atoms with van der Waals surface area (Å²) in [5.41, 5.74) is 2.36. The molecular weight excluding hydrogens is 302 g/mol. The quantitative estimate of drug-likeness (QED) is 0.883. The molecule has 1 amide bonds. The first kappa shape index (κ1) is 17.7. The maximum Gasteiger partial charge on any atom is 0.312 e. The van der Waals surface area contributed by atoms with E-state index in [-0.39, 0.29) is 17.9 Å². The highest BCUT2D eigenvalue weighted by Crippen LogP contribution is 2.24. The Bertz CT molecular complexity index is 700. The summed E-state index contributed by atoms with van der Waals surface area (Å²) in [6.45, 7) is 6.38. The average molecular weight is 325 g/mol. The number of carboxylic acid groups (broad SMARTS) is 1. The number of carboxylic acids is 1. The minimum Gasteiger partial charge on any atom is -0.481 e. The summed E-state index contributed by atoms with van der Waals surface area (Å²) in [5.74, 6) is -1.99. The lowest BCUT2D eigenvalue weighted by Gasteiger charge is -2.20. The van der Waals surface area contributed by atoms with Gasteiger partial charge in [0.25, 0.3) is 5.91 Å². The van der Waals surface area contributed by atoms with Crippen LogP contribution >= 0.6 is 0 Å². The summed E-state index contributed by atoms with van der Waals surface area (Å²) in [4.78, 5) is 23.7. The van der Waals surface area contributed by atoms with Gasteiger partial charge in [0.15, 0.2) is 0 Å². The van der Waals surface area contributed by atoms with Crippen LogP contribution in [-0.2, 0) is 10.2 Å². The molecule has 1 atom stereocenters. The van der Waals surface area contributed by atoms with Crippen LogP contribution in [-0.4, -0.2) is 23.5 Å². The fourth-order valence-corrected chi connectivity index (χ4v) is 2.45. The Hall–Kier alpha value is -2.62. The smallest absolute Gasteiger partial charge is 0.312 e. The maximum absolute atomic E-state index is 12.1. The van der Waals surface area contributed by atoms with Crippen molar-refractivity contribution >= 4 is 11.9 Å². The first-order valence-electron chi connectivity index (χ1n) is 7.95. The van der Waals surface area contributed by atoms with Crippen LogP contribution in [0.3, 0.4) is 0 Å². The standard InChI is InChI=1S/C20H23NO3/c1-20(2,3)16-11-9-14(10-12-16)17(19(23)24)13-21-18(22)15-7-5-4-6-8-15/h4-12,17H,13H2,1-3H3,(H,21,22)(H,23,24). The zero-order valence-corrected chi connectivity index (χ0v) is 14.2. The van der Waals surface area contributed by atoms with Crippen molar-refractivity contribution in [2.75, 3.05) is 6.54 Å². The van der Waals surface area contributed by atoms with E-state index < -0.39 is 11.9 Å². The van der Waals surface area contributed by atoms with Crippen LogP contribution in [0.15, 0.2) is 54.6 Å². The minimum absolute atomic E-state index is 0.0127. The van der Waals surface area contributed by atoms with Gasteiger partial charge >= 0.3 is 5.97 Å². The number of carbonyl (C=O) groups excluding carboxylic acids is 1. The molecule has 0 heterocycles. The van der Waals surface area contributed by atoms with Crippen molar-refractivity contribution in [1.29, 1.82) is 0 Å². The molecule has 2 N–H and O–H groups in total. The second kappa shape index (κ2) is 7.30. The predicted molar refractivity (Wildman–Crippen MR) is 94.3 cm³/mol. The zero-order chi connectivity index (χ0) is 17.7. The molecule has 0 spiro atoms. The van der Waals surface area contributed by atoms with Crippen LogP contribution in [0.4, 0.5) is 0 Å². The van der Waals surface area contributed by atoms with Crippen LogP contribution in [0.1, 0.15) is 48.2 Å². The Labute approximate surface area is 142 Å². The number of hydrogen-bond acceptors (Lipinski definition) is 2. The number of nitrogens with one attached hydrogen (secondary N) is 1. The van der Waals surface area contributed by atoms with Gasteiger partial charge in [-0.2, -0.15) is 0 Å². The van der Waals surface area contributed by atoms with Crippen molar-refractivity contribution in [2.24, 2.45) is 0 Å². The molecule has 0 aliphatic heterocycles. The third-order valence-electron chi connectivity index (χ3n) is 3.98. The number of benzene rings is 2. The summed E-state index contributed by atoms with van der Waals surface area (Å²) >= 11 is 0. The second-order valence-corrected chi connectivity index (χ2v) is 6.84. The van der Waals surface area contributed by atoms with E-state index in [4.69, 9.17) is 0 Å². The molecular formula is C20H23NO3. The largest absolute Gasteiger partial charge is 0.481 e. The molecule has 0 saturated carbocycles. The third-order valence-corrected chi connectivity index (χ3v) is 3.98. The molecule has 0 radical (unpaired) electrons. The van der Waals surface area contributed by atoms with Crippen molar-refractivity contribution in [3.8, 4) is 0 Å². The van der Waals surface area contributed by atoms with E-state index in [0.717, 1.165) is 5.56 Å². The summed E-state index contributed by atoms with van der Waals surface area (Å²) in [6, 6.07) is 16.3. The van der Waals surface area contributed by atoms with Crippen molar-refractivity contribution < 1.29 is 14.7 Å². The van der Waals surface area contributed by atoms with Gasteiger partial charge in [-0.3, -0.25) is 9.59 Å². The first-order valence-corrected chi connectivity index (χ1v) is 7.95. The molecule has 0 bridgehead atoms. The molecule has 0 aliphatic carbocycles. The van der Waals surface area contributed by atoms with Gasteiger partial charge in [-0.1, -0.05) is 63.2 Å². The Morgan fingerprint density at radius 1 is 1.00 bits per heavy atom. The number of rotatable bonds is 5. The van der Waals surface area contributed by atoms with E-state index in [9.17, 15) is 14.7 Å². The molecule has 4 heteroatoms. The fraction of sp³-hybridized carbons (Fsp3) is 0.300. The van der Waals surface area contributed by atoms with Crippen LogP contribution < -0.4 is 5.32 Å². The Morgan fingerprint density at radius 3 is 2.08 bits per heavy atom. The lowest BCUT2D eigenvalue weighted by atomic mass is 9.85. The fourth-order valence-electron chi connectivity index (χ4n) is 2.45. The average Bonchev–Trinajstić information content (AvgIpc) is 2.55. The van der Waals surface area contributed by atoms with Crippen LogP contribution in [0, 0.1) is 0 Å². The van der Waals surface area contributed by atoms with E-state index >= 15 is 0 Å². The number of carbonyl (C=O) groups is 2. The molecule has 0 saturated heterocycles. The molecule has 126 valence electrons. The van der Waals surface area contributed by atoms with Gasteiger partial charge in [-0.05, 0) is 28.7 Å². The van der Waals surface area contributed by atoms with Crippen LogP contribution in [0.2, 0.25) is 0 Å². The molecule has 0 aromatic heterocycles. The summed E-state index contributed by atoms with van der Waals surface area (Å²) < 4.78 is 0. The molecule has 1 unspecified atom stereocenters. The maximum atomic E-state index is 12.1. The Kier molecular flexibility index (Phi) is 5.39. The van der Waals surface area contributed by atoms with E-state index in [2.05, 4.69) is 26.1 Å². The van der Waals surface area contributed by atoms with Gasteiger partial charge in [0.2, 0.25) is 0 Å². The lowest BCUT2D eigenvalue weighted by molar-refractivity contribution is -0.138. The zero-order valence-electron chi connectivity index (χ0n) is 14.2. The molecule has 2 rings (SSSR count). The Morgan fingerprint density at radius 2 is 1.58 bits per heavy atom. The van der Waals surface area contributed by atoms with E-state index in [0.29, 0.717) is 11.1 Å². The predicted octanol–water partition coefficient (Wildman–Crippen LogP) is 3.58. The van der Waals surface area contributed by atoms with Gasteiger partial charge in [0.05, 0.1) is 5.92 Å². The van der Waals surface area contributed by atoms with Crippen molar-refractivity contribution in [2.45, 2.75) is 32.1 Å². The van der Waals surface area contributed by atoms with Crippen molar-refractivity contribution in [3.63, 3.8) is 0 Å². The van der Waals surface area contributed by atoms with Gasteiger partial charge in [0, 0.05) is 12.1 Å². The first-order chi connectivity index (χ1) is 11.3. The Balaban J connectivity index is 2.10. The molecule has 24 heavy (non-hydrogen) atoms. The normalized spacial score (nSPS) is 12.5. The highest BCUT2D eigenvalue weighted by molar-refractivity contribution is 5.94. The van der Waals surface area contributed by atoms with Gasteiger partial charge in [0.1, 0.15) is 0 Å². The molecule has 0 aliphatic rings. The van der Waals surface area contributed by atoms with Gasteiger partial charge in [-0.15, -0.1) is 0 Å². The molecule has 2 aromatic carbocycles. The lowest BCUT2D eigenvalue weighted by Crippen LogP contribution is -2.31. The highest BCUT2D eigenvalue weighted by atomic mass is 16.4. The van der Waals surface area contributed by atoms with E-state index in [1.165, 1.54) is 0 Å². The van der Waals surface area contributed by atoms with Crippen LogP contribution in [0.5, 0.6) is 0 Å². The van der Waals surface area contributed by atoms with E-state index in [1.54, 1.807) is 24.3 Å². The van der Waals surface area contributed by atoms with Crippen molar-refractivity contribution in [3.05, 3.63) is 71.3 Å². The minimum atomic E-state index is -0.952. The summed E-state index contributed by atoms with van der Waals surface area (Å²) in [7, 11) is 0. The molecule has 4 nitrogen and oxygen atoms in total. The van der Waals surface area contributed by atoms with Crippen LogP contribution in [0.25, 0.3) is 0 Å². The third kappa shape index (κ3) is 4.44. The summed E-state index contributed by atoms with van der Waals surface area (Å²) in [5, 5.41) is 12.2. The summed E-state index contributed by atoms with van der Waals surface area (Å²) in [6.07, 6.45) is 0. The number of amides is 1. The van der Waals surface area contributed by atoms with Crippen molar-refractivity contribution in [1.82, 2.24) is 5.32 Å². The SMILES string of the molecule is CC(C)(C)c1ccc(C(CNC(=O)c2ccccc2)C(=O)O)cc1. The van der Waals surface area contributed by atoms with Gasteiger partial charge in [-0.25, -0.2) is 0 Å². The second-order valence-electron chi connectivity index (χ2n) is 6.84. The monoisotopic (exact) mass is 325 g/mol. The van der Waals surface area contributed by atoms with Gasteiger partial charge < -0.3 is 10.4 Å². The molecule has 2 aromatic rings.